The van der Waals surface area contributed by atoms with Crippen molar-refractivity contribution in [3.05, 3.63) is 17.7 Å². The zero-order valence-corrected chi connectivity index (χ0v) is 10.3. The number of nitrogens with zero attached hydrogens (tertiary/aromatic N) is 1. The van der Waals surface area contributed by atoms with Gasteiger partial charge in [0.15, 0.2) is 0 Å². The van der Waals surface area contributed by atoms with E-state index in [9.17, 15) is 4.79 Å². The van der Waals surface area contributed by atoms with E-state index in [1.54, 1.807) is 25.4 Å². The van der Waals surface area contributed by atoms with Crippen molar-refractivity contribution in [2.45, 2.75) is 12.8 Å². The van der Waals surface area contributed by atoms with E-state index < -0.39 is 0 Å². The van der Waals surface area contributed by atoms with Gasteiger partial charge in [0, 0.05) is 30.6 Å². The number of ether oxygens (including phenoxy) is 1. The normalized spacial score (nSPS) is 14.7. The Balaban J connectivity index is 2.23. The van der Waals surface area contributed by atoms with Crippen LogP contribution >= 0.6 is 0 Å². The summed E-state index contributed by atoms with van der Waals surface area (Å²) in [6.45, 7) is 0.675. The molecular formula is C13H17N3O2. The highest BCUT2D eigenvalue weighted by molar-refractivity contribution is 5.91. The number of nitrogens with one attached hydrogen (secondary N) is 1. The van der Waals surface area contributed by atoms with Crippen LogP contribution in [0.1, 0.15) is 18.4 Å². The van der Waals surface area contributed by atoms with Crippen LogP contribution in [0.3, 0.4) is 0 Å². The molecule has 96 valence electrons. The number of hydrogen-bond donors (Lipinski definition) is 2. The molecule has 1 aromatic rings. The molecular weight excluding hydrogens is 230 g/mol. The van der Waals surface area contributed by atoms with Gasteiger partial charge in [-0.2, -0.15) is 0 Å². The number of rotatable bonds is 6. The number of carbonyl (C=O) groups excluding carboxylic acids is 1. The molecule has 18 heavy (non-hydrogen) atoms. The zero-order valence-electron chi connectivity index (χ0n) is 10.3. The van der Waals surface area contributed by atoms with E-state index in [-0.39, 0.29) is 0 Å². The molecule has 0 spiro atoms. The molecule has 0 aliphatic heterocycles. The highest BCUT2D eigenvalue weighted by Crippen LogP contribution is 2.33. The molecule has 1 aliphatic carbocycles. The van der Waals surface area contributed by atoms with E-state index >= 15 is 0 Å². The SMILES string of the molecule is CN=Cc1cc(NC=O)c(OCC2CC2)cc1N. The minimum absolute atomic E-state index is 0.586. The fourth-order valence-electron chi connectivity index (χ4n) is 1.65. The van der Waals surface area contributed by atoms with Crippen LogP contribution in [0.2, 0.25) is 0 Å². The molecule has 0 bridgehead atoms. The number of anilines is 2. The van der Waals surface area contributed by atoms with Crippen molar-refractivity contribution in [3.8, 4) is 5.75 Å². The van der Waals surface area contributed by atoms with E-state index in [0.29, 0.717) is 36.1 Å². The second-order valence-electron chi connectivity index (χ2n) is 4.38. The lowest BCUT2D eigenvalue weighted by molar-refractivity contribution is -0.105. The van der Waals surface area contributed by atoms with Crippen molar-refractivity contribution in [2.75, 3.05) is 24.7 Å². The highest BCUT2D eigenvalue weighted by Gasteiger charge is 2.22. The average molecular weight is 247 g/mol. The number of aliphatic imine (C=N–C) groups is 1. The van der Waals surface area contributed by atoms with E-state index in [0.717, 1.165) is 5.56 Å². The molecule has 0 aromatic heterocycles. The smallest absolute Gasteiger partial charge is 0.211 e. The van der Waals surface area contributed by atoms with Gasteiger partial charge in [0.2, 0.25) is 6.41 Å². The maximum Gasteiger partial charge on any atom is 0.211 e. The molecule has 1 aromatic carbocycles. The third kappa shape index (κ3) is 3.00. The van der Waals surface area contributed by atoms with Gasteiger partial charge in [-0.05, 0) is 24.8 Å². The third-order valence-electron chi connectivity index (χ3n) is 2.84. The predicted molar refractivity (Wildman–Crippen MR) is 72.3 cm³/mol. The number of benzene rings is 1. The van der Waals surface area contributed by atoms with Crippen LogP contribution in [0.5, 0.6) is 5.75 Å². The van der Waals surface area contributed by atoms with Gasteiger partial charge in [0.25, 0.3) is 0 Å². The molecule has 5 heteroatoms. The predicted octanol–water partition coefficient (Wildman–Crippen LogP) is 1.67. The molecule has 5 nitrogen and oxygen atoms in total. The standard InChI is InChI=1S/C13H17N3O2/c1-15-6-10-4-12(16-8-17)13(5-11(10)14)18-7-9-2-3-9/h4-6,8-9H,2-3,7,14H2,1H3,(H,16,17). The molecule has 0 unspecified atom stereocenters. The van der Waals surface area contributed by atoms with Crippen LogP contribution in [0.15, 0.2) is 17.1 Å². The molecule has 1 fully saturated rings. The minimum atomic E-state index is 0.586. The van der Waals surface area contributed by atoms with Gasteiger partial charge in [-0.1, -0.05) is 0 Å². The van der Waals surface area contributed by atoms with Gasteiger partial charge in [-0.3, -0.25) is 9.79 Å². The molecule has 1 amide bonds. The minimum Gasteiger partial charge on any atom is -0.491 e. The number of nitrogens with two attached hydrogens (primary N) is 1. The van der Waals surface area contributed by atoms with Crippen molar-refractivity contribution in [2.24, 2.45) is 10.9 Å². The number of nitrogen functional groups attached to an aromatic ring is 1. The lowest BCUT2D eigenvalue weighted by Crippen LogP contribution is -2.05. The van der Waals surface area contributed by atoms with Gasteiger partial charge in [0.05, 0.1) is 12.3 Å². The fraction of sp³-hybridized carbons (Fsp3) is 0.385. The Labute approximate surface area is 106 Å². The number of carbonyl (C=O) groups is 1. The van der Waals surface area contributed by atoms with Crippen LogP contribution in [-0.2, 0) is 4.79 Å². The molecule has 1 saturated carbocycles. The Hall–Kier alpha value is -2.04. The van der Waals surface area contributed by atoms with Crippen LogP contribution in [0.25, 0.3) is 0 Å². The summed E-state index contributed by atoms with van der Waals surface area (Å²) in [5.74, 6) is 1.26. The zero-order chi connectivity index (χ0) is 13.0. The first-order valence-corrected chi connectivity index (χ1v) is 5.93. The van der Waals surface area contributed by atoms with Crippen LogP contribution < -0.4 is 15.8 Å². The van der Waals surface area contributed by atoms with Crippen LogP contribution in [0.4, 0.5) is 11.4 Å². The average Bonchev–Trinajstić information content (AvgIpc) is 3.16. The van der Waals surface area contributed by atoms with Gasteiger partial charge in [-0.15, -0.1) is 0 Å². The summed E-state index contributed by atoms with van der Waals surface area (Å²) < 4.78 is 5.68. The maximum absolute atomic E-state index is 10.6. The van der Waals surface area contributed by atoms with Crippen molar-refractivity contribution in [1.82, 2.24) is 0 Å². The van der Waals surface area contributed by atoms with Crippen molar-refractivity contribution in [1.29, 1.82) is 0 Å². The summed E-state index contributed by atoms with van der Waals surface area (Å²) in [6.07, 6.45) is 4.71. The topological polar surface area (TPSA) is 76.7 Å². The van der Waals surface area contributed by atoms with Crippen molar-refractivity contribution >= 4 is 24.0 Å². The van der Waals surface area contributed by atoms with Gasteiger partial charge in [-0.25, -0.2) is 0 Å². The Bertz CT molecular complexity index is 468. The molecule has 0 saturated heterocycles. The van der Waals surface area contributed by atoms with E-state index in [1.807, 2.05) is 0 Å². The Morgan fingerprint density at radius 3 is 2.94 bits per heavy atom. The Morgan fingerprint density at radius 1 is 1.56 bits per heavy atom. The molecule has 0 atom stereocenters. The monoisotopic (exact) mass is 247 g/mol. The molecule has 0 radical (unpaired) electrons. The van der Waals surface area contributed by atoms with Gasteiger partial charge in [0.1, 0.15) is 5.75 Å². The second-order valence-corrected chi connectivity index (χ2v) is 4.38. The molecule has 3 N–H and O–H groups in total. The quantitative estimate of drug-likeness (QED) is 0.456. The molecule has 0 heterocycles. The summed E-state index contributed by atoms with van der Waals surface area (Å²) in [5.41, 5.74) is 7.88. The van der Waals surface area contributed by atoms with E-state index in [1.165, 1.54) is 12.8 Å². The first-order valence-electron chi connectivity index (χ1n) is 5.93. The Kier molecular flexibility index (Phi) is 3.82. The van der Waals surface area contributed by atoms with Crippen LogP contribution in [0, 0.1) is 5.92 Å². The molecule has 2 rings (SSSR count). The number of amides is 1. The van der Waals surface area contributed by atoms with Crippen LogP contribution in [-0.4, -0.2) is 26.3 Å². The number of hydrogen-bond acceptors (Lipinski definition) is 4. The van der Waals surface area contributed by atoms with E-state index in [4.69, 9.17) is 10.5 Å². The first-order chi connectivity index (χ1) is 8.74. The van der Waals surface area contributed by atoms with E-state index in [2.05, 4.69) is 10.3 Å². The largest absolute Gasteiger partial charge is 0.491 e. The third-order valence-corrected chi connectivity index (χ3v) is 2.84. The lowest BCUT2D eigenvalue weighted by Gasteiger charge is -2.13. The summed E-state index contributed by atoms with van der Waals surface area (Å²) in [5, 5.41) is 2.62. The fourth-order valence-corrected chi connectivity index (χ4v) is 1.65. The highest BCUT2D eigenvalue weighted by atomic mass is 16.5. The first kappa shape index (κ1) is 12.4. The second kappa shape index (κ2) is 5.53. The summed E-state index contributed by atoms with van der Waals surface area (Å²) in [6, 6.07) is 3.49. The van der Waals surface area contributed by atoms with Gasteiger partial charge >= 0.3 is 0 Å². The summed E-state index contributed by atoms with van der Waals surface area (Å²) in [7, 11) is 1.67. The van der Waals surface area contributed by atoms with Crippen molar-refractivity contribution < 1.29 is 9.53 Å². The lowest BCUT2D eigenvalue weighted by atomic mass is 10.1. The van der Waals surface area contributed by atoms with Gasteiger partial charge < -0.3 is 15.8 Å². The molecule has 1 aliphatic rings. The summed E-state index contributed by atoms with van der Waals surface area (Å²) in [4.78, 5) is 14.5. The maximum atomic E-state index is 10.6. The summed E-state index contributed by atoms with van der Waals surface area (Å²) >= 11 is 0. The van der Waals surface area contributed by atoms with Crippen molar-refractivity contribution in [3.63, 3.8) is 0 Å². The Morgan fingerprint density at radius 2 is 2.33 bits per heavy atom.